The Labute approximate surface area is 117 Å². The summed E-state index contributed by atoms with van der Waals surface area (Å²) in [6, 6.07) is 1.82. The van der Waals surface area contributed by atoms with Crippen molar-refractivity contribution in [1.29, 1.82) is 0 Å². The number of rotatable bonds is 5. The Balaban J connectivity index is 1.58. The normalized spacial score (nSPS) is 17.6. The van der Waals surface area contributed by atoms with Gasteiger partial charge in [0.25, 0.3) is 5.89 Å². The molecule has 2 aromatic heterocycles. The molecule has 0 N–H and O–H groups in total. The van der Waals surface area contributed by atoms with Crippen molar-refractivity contribution in [2.45, 2.75) is 18.8 Å². The first kappa shape index (κ1) is 13.3. The maximum absolute atomic E-state index is 5.76. The van der Waals surface area contributed by atoms with Crippen molar-refractivity contribution < 1.29 is 13.6 Å². The van der Waals surface area contributed by atoms with E-state index < -0.39 is 0 Å². The number of hydrogen-bond acceptors (Lipinski definition) is 6. The number of aromatic nitrogens is 2. The molecule has 1 saturated heterocycles. The first-order valence-corrected chi connectivity index (χ1v) is 6.94. The van der Waals surface area contributed by atoms with E-state index in [1.807, 2.05) is 6.07 Å². The van der Waals surface area contributed by atoms with Crippen LogP contribution in [0.1, 0.15) is 24.7 Å². The summed E-state index contributed by atoms with van der Waals surface area (Å²) in [6.07, 6.45) is 5.33. The summed E-state index contributed by atoms with van der Waals surface area (Å²) in [6.45, 7) is 3.89. The Kier molecular flexibility index (Phi) is 4.13. The number of nitrogens with zero attached hydrogens (tertiary/aromatic N) is 3. The zero-order chi connectivity index (χ0) is 13.8. The lowest BCUT2D eigenvalue weighted by molar-refractivity contribution is 0.127. The fourth-order valence-electron chi connectivity index (χ4n) is 2.53. The highest BCUT2D eigenvalue weighted by Gasteiger charge is 2.25. The van der Waals surface area contributed by atoms with E-state index in [4.69, 9.17) is 13.6 Å². The summed E-state index contributed by atoms with van der Waals surface area (Å²) < 4.78 is 15.9. The number of ether oxygens (including phenoxy) is 1. The standard InChI is InChI=1S/C14H19N3O3/c1-18-9-7-17-5-2-11(3-6-17)13-15-16-14(20-13)12-4-8-19-10-12/h4,8,10-11H,2-3,5-7,9H2,1H3. The van der Waals surface area contributed by atoms with Crippen molar-refractivity contribution in [3.05, 3.63) is 24.5 Å². The van der Waals surface area contributed by atoms with Gasteiger partial charge in [-0.3, -0.25) is 0 Å². The molecule has 0 amide bonds. The van der Waals surface area contributed by atoms with Gasteiger partial charge in [0.2, 0.25) is 5.89 Å². The van der Waals surface area contributed by atoms with Gasteiger partial charge in [-0.1, -0.05) is 0 Å². The first-order chi connectivity index (χ1) is 9.86. The minimum Gasteiger partial charge on any atom is -0.472 e. The topological polar surface area (TPSA) is 64.5 Å². The molecule has 3 rings (SSSR count). The predicted octanol–water partition coefficient (Wildman–Crippen LogP) is 2.16. The molecule has 1 aliphatic heterocycles. The Morgan fingerprint density at radius 1 is 1.35 bits per heavy atom. The maximum Gasteiger partial charge on any atom is 0.250 e. The van der Waals surface area contributed by atoms with Crippen molar-refractivity contribution >= 4 is 0 Å². The summed E-state index contributed by atoms with van der Waals surface area (Å²) in [7, 11) is 1.74. The van der Waals surface area contributed by atoms with E-state index in [9.17, 15) is 0 Å². The molecule has 108 valence electrons. The van der Waals surface area contributed by atoms with Gasteiger partial charge in [0.1, 0.15) is 6.26 Å². The summed E-state index contributed by atoms with van der Waals surface area (Å²) in [4.78, 5) is 2.41. The molecule has 2 aromatic rings. The van der Waals surface area contributed by atoms with Gasteiger partial charge in [0.05, 0.1) is 18.4 Å². The van der Waals surface area contributed by atoms with Crippen molar-refractivity contribution in [2.24, 2.45) is 0 Å². The SMILES string of the molecule is COCCN1CCC(c2nnc(-c3ccoc3)o2)CC1. The highest BCUT2D eigenvalue weighted by Crippen LogP contribution is 2.29. The van der Waals surface area contributed by atoms with Crippen LogP contribution in [0.4, 0.5) is 0 Å². The summed E-state index contributed by atoms with van der Waals surface area (Å²) >= 11 is 0. The largest absolute Gasteiger partial charge is 0.472 e. The predicted molar refractivity (Wildman–Crippen MR) is 72.3 cm³/mol. The van der Waals surface area contributed by atoms with Gasteiger partial charge in [-0.2, -0.15) is 0 Å². The molecule has 3 heterocycles. The van der Waals surface area contributed by atoms with Crippen molar-refractivity contribution in [2.75, 3.05) is 33.4 Å². The Bertz CT molecular complexity index is 516. The third kappa shape index (κ3) is 2.91. The second-order valence-corrected chi connectivity index (χ2v) is 5.07. The number of likely N-dealkylation sites (tertiary alicyclic amines) is 1. The number of piperidine rings is 1. The van der Waals surface area contributed by atoms with E-state index in [1.165, 1.54) is 0 Å². The second kappa shape index (κ2) is 6.19. The Morgan fingerprint density at radius 3 is 2.90 bits per heavy atom. The lowest BCUT2D eigenvalue weighted by Crippen LogP contribution is -2.35. The summed E-state index contributed by atoms with van der Waals surface area (Å²) in [5.41, 5.74) is 0.835. The van der Waals surface area contributed by atoms with E-state index in [1.54, 1.807) is 19.6 Å². The fraction of sp³-hybridized carbons (Fsp3) is 0.571. The molecule has 0 atom stereocenters. The fourth-order valence-corrected chi connectivity index (χ4v) is 2.53. The molecule has 0 radical (unpaired) electrons. The van der Waals surface area contributed by atoms with Crippen molar-refractivity contribution in [1.82, 2.24) is 15.1 Å². The van der Waals surface area contributed by atoms with Crippen LogP contribution in [0.3, 0.4) is 0 Å². The maximum atomic E-state index is 5.76. The molecule has 1 aliphatic rings. The minimum atomic E-state index is 0.363. The zero-order valence-corrected chi connectivity index (χ0v) is 11.6. The number of furan rings is 1. The molecule has 0 saturated carbocycles. The van der Waals surface area contributed by atoms with E-state index in [0.29, 0.717) is 11.8 Å². The summed E-state index contributed by atoms with van der Waals surface area (Å²) in [5, 5.41) is 8.27. The van der Waals surface area contributed by atoms with Crippen LogP contribution in [0.25, 0.3) is 11.5 Å². The Morgan fingerprint density at radius 2 is 2.20 bits per heavy atom. The third-order valence-corrected chi connectivity index (χ3v) is 3.76. The molecule has 1 fully saturated rings. The first-order valence-electron chi connectivity index (χ1n) is 6.94. The van der Waals surface area contributed by atoms with Crippen molar-refractivity contribution in [3.8, 4) is 11.5 Å². The van der Waals surface area contributed by atoms with Gasteiger partial charge in [-0.15, -0.1) is 10.2 Å². The van der Waals surface area contributed by atoms with Crippen LogP contribution in [0.5, 0.6) is 0 Å². The van der Waals surface area contributed by atoms with Gasteiger partial charge in [-0.05, 0) is 32.0 Å². The van der Waals surface area contributed by atoms with Gasteiger partial charge < -0.3 is 18.5 Å². The number of methoxy groups -OCH3 is 1. The summed E-state index contributed by atoms with van der Waals surface area (Å²) in [5.74, 6) is 1.64. The van der Waals surface area contributed by atoms with Crippen LogP contribution in [0.2, 0.25) is 0 Å². The lowest BCUT2D eigenvalue weighted by atomic mass is 9.97. The third-order valence-electron chi connectivity index (χ3n) is 3.76. The van der Waals surface area contributed by atoms with E-state index >= 15 is 0 Å². The van der Waals surface area contributed by atoms with Gasteiger partial charge in [0.15, 0.2) is 0 Å². The molecule has 20 heavy (non-hydrogen) atoms. The van der Waals surface area contributed by atoms with Crippen LogP contribution in [0.15, 0.2) is 27.4 Å². The van der Waals surface area contributed by atoms with Crippen LogP contribution in [-0.4, -0.2) is 48.4 Å². The van der Waals surface area contributed by atoms with E-state index in [0.717, 1.165) is 50.5 Å². The van der Waals surface area contributed by atoms with E-state index in [2.05, 4.69) is 15.1 Å². The van der Waals surface area contributed by atoms with Crippen LogP contribution in [0, 0.1) is 0 Å². The molecule has 0 aromatic carbocycles. The molecule has 6 heteroatoms. The molecule has 0 spiro atoms. The molecule has 6 nitrogen and oxygen atoms in total. The highest BCUT2D eigenvalue weighted by atomic mass is 16.5. The highest BCUT2D eigenvalue weighted by molar-refractivity contribution is 5.49. The smallest absolute Gasteiger partial charge is 0.250 e. The monoisotopic (exact) mass is 277 g/mol. The molecular formula is C14H19N3O3. The van der Waals surface area contributed by atoms with Gasteiger partial charge >= 0.3 is 0 Å². The van der Waals surface area contributed by atoms with Crippen LogP contribution in [-0.2, 0) is 4.74 Å². The minimum absolute atomic E-state index is 0.363. The van der Waals surface area contributed by atoms with Crippen LogP contribution < -0.4 is 0 Å². The zero-order valence-electron chi connectivity index (χ0n) is 11.6. The average Bonchev–Trinajstić information content (AvgIpc) is 3.16. The molecular weight excluding hydrogens is 258 g/mol. The molecule has 0 aliphatic carbocycles. The average molecular weight is 277 g/mol. The van der Waals surface area contributed by atoms with Crippen molar-refractivity contribution in [3.63, 3.8) is 0 Å². The quantitative estimate of drug-likeness (QED) is 0.834. The van der Waals surface area contributed by atoms with Gasteiger partial charge in [-0.25, -0.2) is 0 Å². The lowest BCUT2D eigenvalue weighted by Gasteiger charge is -2.29. The van der Waals surface area contributed by atoms with Gasteiger partial charge in [0, 0.05) is 19.6 Å². The molecule has 0 unspecified atom stereocenters. The second-order valence-electron chi connectivity index (χ2n) is 5.07. The Hall–Kier alpha value is -1.66. The van der Waals surface area contributed by atoms with Crippen LogP contribution >= 0.6 is 0 Å². The number of hydrogen-bond donors (Lipinski definition) is 0. The van der Waals surface area contributed by atoms with E-state index in [-0.39, 0.29) is 0 Å². The molecule has 0 bridgehead atoms.